The molecule has 2 heterocycles. The number of rotatable bonds is 6. The molecule has 1 aliphatic rings. The Kier molecular flexibility index (Phi) is 7.32. The van der Waals surface area contributed by atoms with E-state index in [1.807, 2.05) is 18.1 Å². The molecule has 7 heteroatoms. The third-order valence-electron chi connectivity index (χ3n) is 3.72. The van der Waals surface area contributed by atoms with Crippen LogP contribution in [0.4, 0.5) is 0 Å². The molecule has 0 spiro atoms. The molecule has 1 aromatic rings. The van der Waals surface area contributed by atoms with Gasteiger partial charge in [-0.15, -0.1) is 12.4 Å². The summed E-state index contributed by atoms with van der Waals surface area (Å²) in [6.07, 6.45) is 4.70. The van der Waals surface area contributed by atoms with Crippen molar-refractivity contribution in [3.05, 3.63) is 18.0 Å². The van der Waals surface area contributed by atoms with Crippen LogP contribution in [0, 0.1) is 5.92 Å². The summed E-state index contributed by atoms with van der Waals surface area (Å²) in [6.45, 7) is 6.48. The number of amides is 1. The van der Waals surface area contributed by atoms with Gasteiger partial charge in [-0.2, -0.15) is 5.10 Å². The number of hydrogen-bond donors (Lipinski definition) is 1. The van der Waals surface area contributed by atoms with E-state index in [1.165, 1.54) is 0 Å². The third-order valence-corrected chi connectivity index (χ3v) is 3.72. The Morgan fingerprint density at radius 3 is 2.82 bits per heavy atom. The Bertz CT molecular complexity index is 478. The fraction of sp³-hybridized carbons (Fsp3) is 0.733. The van der Waals surface area contributed by atoms with Crippen molar-refractivity contribution in [1.82, 2.24) is 20.0 Å². The van der Waals surface area contributed by atoms with E-state index in [-0.39, 0.29) is 30.5 Å². The first-order chi connectivity index (χ1) is 10.0. The molecule has 0 aliphatic carbocycles. The normalized spacial score (nSPS) is 19.3. The maximum absolute atomic E-state index is 12.6. The Morgan fingerprint density at radius 1 is 1.55 bits per heavy atom. The fourth-order valence-corrected chi connectivity index (χ4v) is 2.60. The van der Waals surface area contributed by atoms with E-state index in [2.05, 4.69) is 24.3 Å². The van der Waals surface area contributed by atoms with Crippen molar-refractivity contribution in [3.8, 4) is 0 Å². The maximum atomic E-state index is 12.6. The van der Waals surface area contributed by atoms with Crippen molar-refractivity contribution in [2.75, 3.05) is 26.7 Å². The summed E-state index contributed by atoms with van der Waals surface area (Å²) >= 11 is 0. The number of likely N-dealkylation sites (N-methyl/N-ethyl adjacent to an activating group) is 1. The van der Waals surface area contributed by atoms with Gasteiger partial charge in [0, 0.05) is 38.5 Å². The lowest BCUT2D eigenvalue weighted by molar-refractivity contribution is -0.133. The highest BCUT2D eigenvalue weighted by molar-refractivity contribution is 5.85. The number of aryl methyl sites for hydroxylation is 1. The number of hydrogen-bond acceptors (Lipinski definition) is 4. The zero-order valence-electron chi connectivity index (χ0n) is 13.8. The van der Waals surface area contributed by atoms with Crippen LogP contribution in [0.1, 0.15) is 31.9 Å². The van der Waals surface area contributed by atoms with Crippen LogP contribution < -0.4 is 5.32 Å². The second-order valence-electron chi connectivity index (χ2n) is 6.09. The Hall–Kier alpha value is -1.11. The summed E-state index contributed by atoms with van der Waals surface area (Å²) in [5.74, 6) is 0.622. The zero-order chi connectivity index (χ0) is 15.4. The molecule has 0 saturated carbocycles. The summed E-state index contributed by atoms with van der Waals surface area (Å²) in [5.41, 5.74) is 0.900. The van der Waals surface area contributed by atoms with Gasteiger partial charge in [0.15, 0.2) is 0 Å². The van der Waals surface area contributed by atoms with Crippen molar-refractivity contribution >= 4 is 18.3 Å². The van der Waals surface area contributed by atoms with Gasteiger partial charge in [-0.25, -0.2) is 0 Å². The highest BCUT2D eigenvalue weighted by Gasteiger charge is 2.32. The van der Waals surface area contributed by atoms with Crippen molar-refractivity contribution in [1.29, 1.82) is 0 Å². The van der Waals surface area contributed by atoms with E-state index in [4.69, 9.17) is 4.74 Å². The molecule has 1 fully saturated rings. The van der Waals surface area contributed by atoms with Crippen LogP contribution in [-0.4, -0.2) is 53.4 Å². The molecule has 1 saturated heterocycles. The first kappa shape index (κ1) is 18.9. The van der Waals surface area contributed by atoms with Gasteiger partial charge < -0.3 is 15.0 Å². The Balaban J connectivity index is 0.00000242. The molecule has 1 aliphatic heterocycles. The molecule has 2 rings (SSSR count). The number of aromatic nitrogens is 2. The van der Waals surface area contributed by atoms with Gasteiger partial charge in [0.2, 0.25) is 5.91 Å². The first-order valence-electron chi connectivity index (χ1n) is 7.57. The van der Waals surface area contributed by atoms with Gasteiger partial charge in [-0.1, -0.05) is 13.8 Å². The molecule has 0 radical (unpaired) electrons. The lowest BCUT2D eigenvalue weighted by Crippen LogP contribution is -2.39. The van der Waals surface area contributed by atoms with E-state index in [0.717, 1.165) is 25.1 Å². The molecule has 1 aromatic heterocycles. The van der Waals surface area contributed by atoms with Gasteiger partial charge in [-0.3, -0.25) is 9.48 Å². The highest BCUT2D eigenvalue weighted by Crippen LogP contribution is 2.20. The first-order valence-corrected chi connectivity index (χ1v) is 7.57. The second kappa shape index (κ2) is 8.50. The minimum absolute atomic E-state index is 0. The molecule has 0 bridgehead atoms. The topological polar surface area (TPSA) is 59.4 Å². The summed E-state index contributed by atoms with van der Waals surface area (Å²) < 4.78 is 7.55. The third kappa shape index (κ3) is 4.69. The van der Waals surface area contributed by atoms with Crippen LogP contribution in [0.15, 0.2) is 12.4 Å². The number of nitrogens with zero attached hydrogens (tertiary/aromatic N) is 3. The van der Waals surface area contributed by atoms with Crippen molar-refractivity contribution in [2.24, 2.45) is 13.0 Å². The average molecular weight is 331 g/mol. The Morgan fingerprint density at radius 2 is 2.27 bits per heavy atom. The molecular weight excluding hydrogens is 304 g/mol. The minimum atomic E-state index is -0.331. The molecule has 126 valence electrons. The zero-order valence-corrected chi connectivity index (χ0v) is 14.6. The van der Waals surface area contributed by atoms with Crippen molar-refractivity contribution < 1.29 is 9.53 Å². The minimum Gasteiger partial charge on any atom is -0.376 e. The predicted molar refractivity (Wildman–Crippen MR) is 88.0 cm³/mol. The molecule has 1 N–H and O–H groups in total. The van der Waals surface area contributed by atoms with Crippen molar-refractivity contribution in [2.45, 2.75) is 32.4 Å². The number of halogens is 1. The Labute approximate surface area is 138 Å². The molecular formula is C15H27ClN4O2. The average Bonchev–Trinajstić information content (AvgIpc) is 3.06. The van der Waals surface area contributed by atoms with Crippen LogP contribution >= 0.6 is 12.4 Å². The van der Waals surface area contributed by atoms with Crippen LogP contribution in [0.3, 0.4) is 0 Å². The lowest BCUT2D eigenvalue weighted by Gasteiger charge is -2.22. The standard InChI is InChI=1S/C15H26N4O2.ClH/c1-11(2)10-21-13-5-6-19(9-13)15(20)14(16-3)12-7-17-18(4)8-12;/h7-8,11,13-14,16H,5-6,9-10H2,1-4H3;1H. The summed E-state index contributed by atoms with van der Waals surface area (Å²) in [7, 11) is 3.66. The monoisotopic (exact) mass is 330 g/mol. The molecule has 6 nitrogen and oxygen atoms in total. The van der Waals surface area contributed by atoms with Gasteiger partial charge in [0.25, 0.3) is 0 Å². The van der Waals surface area contributed by atoms with E-state index >= 15 is 0 Å². The van der Waals surface area contributed by atoms with E-state index in [9.17, 15) is 4.79 Å². The number of carbonyl (C=O) groups excluding carboxylic acids is 1. The SMILES string of the molecule is CNC(C(=O)N1CCC(OCC(C)C)C1)c1cnn(C)c1.Cl. The number of ether oxygens (including phenoxy) is 1. The summed E-state index contributed by atoms with van der Waals surface area (Å²) in [6, 6.07) is -0.331. The summed E-state index contributed by atoms with van der Waals surface area (Å²) in [5, 5.41) is 7.23. The van der Waals surface area contributed by atoms with Crippen LogP contribution in [0.2, 0.25) is 0 Å². The van der Waals surface area contributed by atoms with Gasteiger partial charge in [0.05, 0.1) is 12.3 Å². The van der Waals surface area contributed by atoms with Crippen LogP contribution in [0.25, 0.3) is 0 Å². The highest BCUT2D eigenvalue weighted by atomic mass is 35.5. The number of likely N-dealkylation sites (tertiary alicyclic amines) is 1. The molecule has 2 atom stereocenters. The number of nitrogens with one attached hydrogen (secondary N) is 1. The van der Waals surface area contributed by atoms with E-state index in [1.54, 1.807) is 17.9 Å². The predicted octanol–water partition coefficient (Wildman–Crippen LogP) is 1.38. The molecule has 0 aromatic carbocycles. The van der Waals surface area contributed by atoms with Gasteiger partial charge in [0.1, 0.15) is 6.04 Å². The van der Waals surface area contributed by atoms with E-state index in [0.29, 0.717) is 12.5 Å². The van der Waals surface area contributed by atoms with Crippen LogP contribution in [0.5, 0.6) is 0 Å². The molecule has 1 amide bonds. The smallest absolute Gasteiger partial charge is 0.244 e. The molecule has 2 unspecified atom stereocenters. The van der Waals surface area contributed by atoms with E-state index < -0.39 is 0 Å². The van der Waals surface area contributed by atoms with Gasteiger partial charge >= 0.3 is 0 Å². The maximum Gasteiger partial charge on any atom is 0.244 e. The van der Waals surface area contributed by atoms with Gasteiger partial charge in [-0.05, 0) is 19.4 Å². The van der Waals surface area contributed by atoms with Crippen molar-refractivity contribution in [3.63, 3.8) is 0 Å². The molecule has 22 heavy (non-hydrogen) atoms. The second-order valence-corrected chi connectivity index (χ2v) is 6.09. The fourth-order valence-electron chi connectivity index (χ4n) is 2.60. The largest absolute Gasteiger partial charge is 0.376 e. The number of carbonyl (C=O) groups is 1. The summed E-state index contributed by atoms with van der Waals surface area (Å²) in [4.78, 5) is 14.5. The lowest BCUT2D eigenvalue weighted by atomic mass is 10.1. The van der Waals surface area contributed by atoms with Crippen LogP contribution in [-0.2, 0) is 16.6 Å². The quantitative estimate of drug-likeness (QED) is 0.856.